The summed E-state index contributed by atoms with van der Waals surface area (Å²) >= 11 is 0. The quantitative estimate of drug-likeness (QED) is 0.577. The summed E-state index contributed by atoms with van der Waals surface area (Å²) in [6, 6.07) is 9.09. The van der Waals surface area contributed by atoms with E-state index >= 15 is 0 Å². The SMILES string of the molecule is CCNC(=O)N(Cc1ccccc1OS(=O)(=O)c1cccc(C(F)(F)F)c1)[C@H](C)CC. The fourth-order valence-electron chi connectivity index (χ4n) is 2.79. The number of carbonyl (C=O) groups excluding carboxylic acids is 1. The molecule has 2 aromatic rings. The van der Waals surface area contributed by atoms with Crippen molar-refractivity contribution in [3.63, 3.8) is 0 Å². The van der Waals surface area contributed by atoms with E-state index in [1.807, 2.05) is 13.8 Å². The molecule has 0 saturated heterocycles. The minimum Gasteiger partial charge on any atom is -0.379 e. The van der Waals surface area contributed by atoms with E-state index in [0.29, 0.717) is 24.6 Å². The highest BCUT2D eigenvalue weighted by Crippen LogP contribution is 2.31. The van der Waals surface area contributed by atoms with E-state index < -0.39 is 26.8 Å². The van der Waals surface area contributed by atoms with E-state index in [2.05, 4.69) is 5.32 Å². The average molecular weight is 459 g/mol. The van der Waals surface area contributed by atoms with Crippen molar-refractivity contribution in [1.82, 2.24) is 10.2 Å². The van der Waals surface area contributed by atoms with E-state index in [1.165, 1.54) is 6.07 Å². The zero-order chi connectivity index (χ0) is 23.2. The number of nitrogens with one attached hydrogen (secondary N) is 1. The molecule has 0 aromatic heterocycles. The van der Waals surface area contributed by atoms with Crippen molar-refractivity contribution in [3.8, 4) is 5.75 Å². The molecule has 0 spiro atoms. The first-order chi connectivity index (χ1) is 14.5. The monoisotopic (exact) mass is 458 g/mol. The smallest absolute Gasteiger partial charge is 0.379 e. The lowest BCUT2D eigenvalue weighted by Gasteiger charge is -2.29. The van der Waals surface area contributed by atoms with Gasteiger partial charge >= 0.3 is 22.3 Å². The minimum absolute atomic E-state index is 0.0579. The number of para-hydroxylation sites is 1. The zero-order valence-electron chi connectivity index (χ0n) is 17.4. The van der Waals surface area contributed by atoms with Gasteiger partial charge in [-0.3, -0.25) is 0 Å². The molecule has 0 heterocycles. The summed E-state index contributed by atoms with van der Waals surface area (Å²) in [5.74, 6) is -0.0579. The van der Waals surface area contributed by atoms with Gasteiger partial charge in [0.25, 0.3) is 0 Å². The lowest BCUT2D eigenvalue weighted by molar-refractivity contribution is -0.137. The van der Waals surface area contributed by atoms with Gasteiger partial charge in [-0.1, -0.05) is 31.2 Å². The van der Waals surface area contributed by atoms with Gasteiger partial charge in [-0.2, -0.15) is 21.6 Å². The Labute approximate surface area is 180 Å². The van der Waals surface area contributed by atoms with Gasteiger partial charge in [0, 0.05) is 18.2 Å². The highest BCUT2D eigenvalue weighted by atomic mass is 32.2. The van der Waals surface area contributed by atoms with E-state index in [1.54, 1.807) is 30.0 Å². The van der Waals surface area contributed by atoms with Crippen LogP contribution in [0.4, 0.5) is 18.0 Å². The third-order valence-electron chi connectivity index (χ3n) is 4.67. The first-order valence-electron chi connectivity index (χ1n) is 9.73. The Morgan fingerprint density at radius 3 is 2.42 bits per heavy atom. The van der Waals surface area contributed by atoms with Crippen molar-refractivity contribution in [3.05, 3.63) is 59.7 Å². The Morgan fingerprint density at radius 2 is 1.81 bits per heavy atom. The summed E-state index contributed by atoms with van der Waals surface area (Å²) in [5, 5.41) is 2.72. The molecule has 0 saturated carbocycles. The molecule has 1 atom stereocenters. The number of carbonyl (C=O) groups is 1. The summed E-state index contributed by atoms with van der Waals surface area (Å²) in [6.45, 7) is 6.05. The van der Waals surface area contributed by atoms with Gasteiger partial charge in [-0.05, 0) is 44.5 Å². The van der Waals surface area contributed by atoms with Crippen LogP contribution in [0.25, 0.3) is 0 Å². The van der Waals surface area contributed by atoms with Crippen LogP contribution in [0.2, 0.25) is 0 Å². The predicted molar refractivity (Wildman–Crippen MR) is 110 cm³/mol. The second kappa shape index (κ2) is 10.0. The Hall–Kier alpha value is -2.75. The van der Waals surface area contributed by atoms with Crippen LogP contribution < -0.4 is 9.50 Å². The van der Waals surface area contributed by atoms with E-state index in [9.17, 15) is 26.4 Å². The lowest BCUT2D eigenvalue weighted by atomic mass is 10.1. The number of halogens is 3. The van der Waals surface area contributed by atoms with Crippen LogP contribution in [0.1, 0.15) is 38.3 Å². The van der Waals surface area contributed by atoms with Crippen LogP contribution in [0, 0.1) is 0 Å². The number of urea groups is 1. The first kappa shape index (κ1) is 24.5. The van der Waals surface area contributed by atoms with E-state index in [4.69, 9.17) is 4.18 Å². The number of hydrogen-bond acceptors (Lipinski definition) is 4. The van der Waals surface area contributed by atoms with Crippen LogP contribution in [0.15, 0.2) is 53.4 Å². The molecule has 31 heavy (non-hydrogen) atoms. The van der Waals surface area contributed by atoms with Crippen molar-refractivity contribution < 1.29 is 30.6 Å². The van der Waals surface area contributed by atoms with Crippen molar-refractivity contribution in [2.24, 2.45) is 0 Å². The van der Waals surface area contributed by atoms with Gasteiger partial charge in [-0.15, -0.1) is 0 Å². The molecular formula is C21H25F3N2O4S. The Bertz CT molecular complexity index is 1010. The fourth-order valence-corrected chi connectivity index (χ4v) is 3.81. The first-order valence-corrected chi connectivity index (χ1v) is 11.1. The van der Waals surface area contributed by atoms with Gasteiger partial charge in [-0.25, -0.2) is 4.79 Å². The molecule has 1 N–H and O–H groups in total. The minimum atomic E-state index is -4.69. The molecule has 2 rings (SSSR count). The molecule has 0 bridgehead atoms. The van der Waals surface area contributed by atoms with Crippen LogP contribution in [0.3, 0.4) is 0 Å². The molecule has 0 aliphatic heterocycles. The third kappa shape index (κ3) is 6.36. The normalized spacial score (nSPS) is 12.8. The van der Waals surface area contributed by atoms with Gasteiger partial charge in [0.1, 0.15) is 10.6 Å². The van der Waals surface area contributed by atoms with E-state index in [0.717, 1.165) is 18.2 Å². The molecular weight excluding hydrogens is 433 g/mol. The molecule has 2 aromatic carbocycles. The molecule has 0 fully saturated rings. The number of alkyl halides is 3. The molecule has 0 unspecified atom stereocenters. The molecule has 0 radical (unpaired) electrons. The molecule has 170 valence electrons. The Kier molecular flexibility index (Phi) is 7.94. The van der Waals surface area contributed by atoms with Crippen molar-refractivity contribution in [2.75, 3.05) is 6.54 Å². The van der Waals surface area contributed by atoms with Gasteiger partial charge in [0.05, 0.1) is 12.1 Å². The van der Waals surface area contributed by atoms with E-state index in [-0.39, 0.29) is 24.4 Å². The summed E-state index contributed by atoms with van der Waals surface area (Å²) < 4.78 is 69.4. The zero-order valence-corrected chi connectivity index (χ0v) is 18.3. The van der Waals surface area contributed by atoms with Crippen LogP contribution in [0.5, 0.6) is 5.75 Å². The molecule has 2 amide bonds. The van der Waals surface area contributed by atoms with Crippen LogP contribution >= 0.6 is 0 Å². The van der Waals surface area contributed by atoms with Gasteiger partial charge < -0.3 is 14.4 Å². The van der Waals surface area contributed by atoms with Crippen LogP contribution in [-0.4, -0.2) is 31.9 Å². The molecule has 6 nitrogen and oxygen atoms in total. The highest BCUT2D eigenvalue weighted by molar-refractivity contribution is 7.87. The fraction of sp³-hybridized carbons (Fsp3) is 0.381. The van der Waals surface area contributed by atoms with Crippen LogP contribution in [-0.2, 0) is 22.8 Å². The van der Waals surface area contributed by atoms with Crippen molar-refractivity contribution in [1.29, 1.82) is 0 Å². The third-order valence-corrected chi connectivity index (χ3v) is 5.90. The number of nitrogens with zero attached hydrogens (tertiary/aromatic N) is 1. The Balaban J connectivity index is 2.36. The molecule has 10 heteroatoms. The Morgan fingerprint density at radius 1 is 1.13 bits per heavy atom. The maximum Gasteiger partial charge on any atom is 0.416 e. The summed E-state index contributed by atoms with van der Waals surface area (Å²) in [4.78, 5) is 13.4. The number of benzene rings is 2. The summed E-state index contributed by atoms with van der Waals surface area (Å²) in [6.07, 6.45) is -4.02. The standard InChI is InChI=1S/C21H25F3N2O4S/c1-4-15(3)26(20(27)25-5-2)14-16-9-6-7-12-19(16)30-31(28,29)18-11-8-10-17(13-18)21(22,23)24/h6-13,15H,4-5,14H2,1-3H3,(H,25,27)/t15-/m1/s1. The number of amides is 2. The van der Waals surface area contributed by atoms with Crippen molar-refractivity contribution in [2.45, 2.75) is 50.9 Å². The molecule has 0 aliphatic carbocycles. The highest BCUT2D eigenvalue weighted by Gasteiger charge is 2.32. The molecule has 0 aliphatic rings. The van der Waals surface area contributed by atoms with Gasteiger partial charge in [0.15, 0.2) is 0 Å². The second-order valence-electron chi connectivity index (χ2n) is 6.89. The maximum absolute atomic E-state index is 13.0. The predicted octanol–water partition coefficient (Wildman–Crippen LogP) is 4.80. The van der Waals surface area contributed by atoms with Crippen molar-refractivity contribution >= 4 is 16.1 Å². The summed E-state index contributed by atoms with van der Waals surface area (Å²) in [7, 11) is -4.53. The average Bonchev–Trinajstić information content (AvgIpc) is 2.72. The topological polar surface area (TPSA) is 75.7 Å². The second-order valence-corrected chi connectivity index (χ2v) is 8.44. The number of hydrogen-bond donors (Lipinski definition) is 1. The summed E-state index contributed by atoms with van der Waals surface area (Å²) in [5.41, 5.74) is -0.686. The maximum atomic E-state index is 13.0. The van der Waals surface area contributed by atoms with Gasteiger partial charge in [0.2, 0.25) is 0 Å². The largest absolute Gasteiger partial charge is 0.416 e. The lowest BCUT2D eigenvalue weighted by Crippen LogP contribution is -2.44. The number of rotatable bonds is 8.